The quantitative estimate of drug-likeness (QED) is 0.573. The van der Waals surface area contributed by atoms with Crippen LogP contribution in [0.5, 0.6) is 0 Å². The standard InChI is InChI=1S/C29H42O3/c1-28-14-12-22(31)19-21(28)8-9-23-24-10-11-26(29(24,2)15-13-25(23)28)27(32-17-16-30)18-20-6-4-3-5-7-20/h3-8,22-27,30-31H,9-19H2,1-2H3/t22-,23-,24-,25-,26+,27?,28-,29-/m0/s1. The Labute approximate surface area is 194 Å². The van der Waals surface area contributed by atoms with Crippen LogP contribution in [-0.4, -0.2) is 35.6 Å². The van der Waals surface area contributed by atoms with E-state index in [0.29, 0.717) is 23.4 Å². The van der Waals surface area contributed by atoms with Crippen molar-refractivity contribution in [1.82, 2.24) is 0 Å². The summed E-state index contributed by atoms with van der Waals surface area (Å²) in [6.45, 7) is 5.62. The summed E-state index contributed by atoms with van der Waals surface area (Å²) in [6, 6.07) is 10.8. The highest BCUT2D eigenvalue weighted by Gasteiger charge is 2.59. The Morgan fingerprint density at radius 1 is 1.03 bits per heavy atom. The van der Waals surface area contributed by atoms with Gasteiger partial charge in [-0.1, -0.05) is 55.8 Å². The number of fused-ring (bicyclic) bond motifs is 5. The maximum atomic E-state index is 10.3. The molecule has 1 aromatic carbocycles. The van der Waals surface area contributed by atoms with E-state index in [4.69, 9.17) is 4.74 Å². The summed E-state index contributed by atoms with van der Waals surface area (Å²) < 4.78 is 6.36. The molecule has 0 bridgehead atoms. The van der Waals surface area contributed by atoms with E-state index >= 15 is 0 Å². The highest BCUT2D eigenvalue weighted by molar-refractivity contribution is 5.25. The predicted octanol–water partition coefficient (Wildman–Crippen LogP) is 5.55. The average molecular weight is 439 g/mol. The van der Waals surface area contributed by atoms with Crippen molar-refractivity contribution < 1.29 is 14.9 Å². The molecule has 0 saturated heterocycles. The van der Waals surface area contributed by atoms with Gasteiger partial charge in [-0.15, -0.1) is 0 Å². The monoisotopic (exact) mass is 438 g/mol. The summed E-state index contributed by atoms with van der Waals surface area (Å²) in [5.41, 5.74) is 3.53. The van der Waals surface area contributed by atoms with Crippen LogP contribution in [0.2, 0.25) is 0 Å². The van der Waals surface area contributed by atoms with E-state index in [1.807, 2.05) is 0 Å². The second-order valence-corrected chi connectivity index (χ2v) is 11.7. The fraction of sp³-hybridized carbons (Fsp3) is 0.724. The summed E-state index contributed by atoms with van der Waals surface area (Å²) in [4.78, 5) is 0. The van der Waals surface area contributed by atoms with Crippen molar-refractivity contribution in [3.8, 4) is 0 Å². The van der Waals surface area contributed by atoms with Gasteiger partial charge in [-0.05, 0) is 97.9 Å². The van der Waals surface area contributed by atoms with Gasteiger partial charge in [0.05, 0.1) is 25.4 Å². The van der Waals surface area contributed by atoms with E-state index in [-0.39, 0.29) is 18.8 Å². The number of benzene rings is 1. The first-order chi connectivity index (χ1) is 15.5. The SMILES string of the molecule is C[C@]12CC[C@H]3[C@@H](CC=C4C[C@@H](O)CC[C@@]43C)[C@@H]1CC[C@@H]2C(Cc1ccccc1)OCCO. The van der Waals surface area contributed by atoms with Crippen molar-refractivity contribution in [2.24, 2.45) is 34.5 Å². The number of hydrogen-bond acceptors (Lipinski definition) is 3. The third-order valence-corrected chi connectivity index (χ3v) is 10.3. The molecular formula is C29H42O3. The number of ether oxygens (including phenoxy) is 1. The van der Waals surface area contributed by atoms with Gasteiger partial charge < -0.3 is 14.9 Å². The van der Waals surface area contributed by atoms with E-state index in [9.17, 15) is 10.2 Å². The summed E-state index contributed by atoms with van der Waals surface area (Å²) in [6.07, 6.45) is 12.9. The van der Waals surface area contributed by atoms with Crippen molar-refractivity contribution in [1.29, 1.82) is 0 Å². The van der Waals surface area contributed by atoms with Crippen LogP contribution in [-0.2, 0) is 11.2 Å². The average Bonchev–Trinajstić information content (AvgIpc) is 3.15. The number of aliphatic hydroxyl groups is 2. The first-order valence-corrected chi connectivity index (χ1v) is 13.1. The van der Waals surface area contributed by atoms with Crippen LogP contribution in [0, 0.1) is 34.5 Å². The first-order valence-electron chi connectivity index (χ1n) is 13.1. The van der Waals surface area contributed by atoms with Crippen LogP contribution in [0.1, 0.15) is 70.8 Å². The van der Waals surface area contributed by atoms with Crippen LogP contribution in [0.3, 0.4) is 0 Å². The molecule has 176 valence electrons. The Balaban J connectivity index is 1.39. The molecular weight excluding hydrogens is 396 g/mol. The van der Waals surface area contributed by atoms with Gasteiger partial charge in [0.2, 0.25) is 0 Å². The smallest absolute Gasteiger partial charge is 0.0701 e. The van der Waals surface area contributed by atoms with Gasteiger partial charge >= 0.3 is 0 Å². The normalized spacial score (nSPS) is 41.9. The molecule has 3 nitrogen and oxygen atoms in total. The van der Waals surface area contributed by atoms with Gasteiger partial charge in [0.1, 0.15) is 0 Å². The topological polar surface area (TPSA) is 49.7 Å². The molecule has 4 aliphatic rings. The Morgan fingerprint density at radius 3 is 2.62 bits per heavy atom. The number of allylic oxidation sites excluding steroid dienone is 1. The van der Waals surface area contributed by atoms with Gasteiger partial charge in [-0.25, -0.2) is 0 Å². The Hall–Kier alpha value is -1.16. The lowest BCUT2D eigenvalue weighted by Crippen LogP contribution is -2.51. The Kier molecular flexibility index (Phi) is 6.28. The van der Waals surface area contributed by atoms with Crippen molar-refractivity contribution in [2.75, 3.05) is 13.2 Å². The molecule has 0 amide bonds. The van der Waals surface area contributed by atoms with E-state index < -0.39 is 0 Å². The van der Waals surface area contributed by atoms with Gasteiger partial charge in [0.15, 0.2) is 0 Å². The largest absolute Gasteiger partial charge is 0.394 e. The summed E-state index contributed by atoms with van der Waals surface area (Å²) in [7, 11) is 0. The molecule has 1 aromatic rings. The molecule has 5 rings (SSSR count). The number of hydrogen-bond donors (Lipinski definition) is 2. The second kappa shape index (κ2) is 8.89. The zero-order valence-corrected chi connectivity index (χ0v) is 20.0. The molecule has 1 unspecified atom stereocenters. The van der Waals surface area contributed by atoms with Crippen molar-refractivity contribution in [3.63, 3.8) is 0 Å². The molecule has 0 heterocycles. The van der Waals surface area contributed by atoms with Gasteiger partial charge in [-0.3, -0.25) is 0 Å². The molecule has 0 spiro atoms. The van der Waals surface area contributed by atoms with Crippen LogP contribution >= 0.6 is 0 Å². The minimum atomic E-state index is -0.127. The molecule has 8 atom stereocenters. The maximum Gasteiger partial charge on any atom is 0.0701 e. The Bertz CT molecular complexity index is 819. The highest BCUT2D eigenvalue weighted by Crippen LogP contribution is 2.66. The summed E-state index contributed by atoms with van der Waals surface area (Å²) in [5, 5.41) is 19.7. The third-order valence-electron chi connectivity index (χ3n) is 10.3. The van der Waals surface area contributed by atoms with E-state index in [2.05, 4.69) is 50.3 Å². The van der Waals surface area contributed by atoms with Crippen molar-refractivity contribution in [2.45, 2.75) is 83.8 Å². The Morgan fingerprint density at radius 2 is 1.84 bits per heavy atom. The molecule has 4 aliphatic carbocycles. The van der Waals surface area contributed by atoms with Crippen LogP contribution < -0.4 is 0 Å². The molecule has 3 saturated carbocycles. The summed E-state index contributed by atoms with van der Waals surface area (Å²) >= 11 is 0. The van der Waals surface area contributed by atoms with Gasteiger partial charge in [0.25, 0.3) is 0 Å². The number of aliphatic hydroxyl groups excluding tert-OH is 2. The lowest BCUT2D eigenvalue weighted by Gasteiger charge is -2.58. The first kappa shape index (κ1) is 22.6. The minimum absolute atomic E-state index is 0.0978. The third kappa shape index (κ3) is 3.79. The van der Waals surface area contributed by atoms with Gasteiger partial charge in [-0.2, -0.15) is 0 Å². The maximum absolute atomic E-state index is 10.3. The predicted molar refractivity (Wildman–Crippen MR) is 128 cm³/mol. The summed E-state index contributed by atoms with van der Waals surface area (Å²) in [5.74, 6) is 2.88. The number of rotatable bonds is 6. The lowest BCUT2D eigenvalue weighted by atomic mass is 9.47. The molecule has 3 heteroatoms. The van der Waals surface area contributed by atoms with Crippen molar-refractivity contribution in [3.05, 3.63) is 47.5 Å². The van der Waals surface area contributed by atoms with Gasteiger partial charge in [0, 0.05) is 0 Å². The van der Waals surface area contributed by atoms with Crippen LogP contribution in [0.15, 0.2) is 42.0 Å². The molecule has 32 heavy (non-hydrogen) atoms. The molecule has 0 aliphatic heterocycles. The second-order valence-electron chi connectivity index (χ2n) is 11.7. The van der Waals surface area contributed by atoms with Crippen molar-refractivity contribution >= 4 is 0 Å². The minimum Gasteiger partial charge on any atom is -0.394 e. The molecule has 0 radical (unpaired) electrons. The zero-order chi connectivity index (χ0) is 22.3. The van der Waals surface area contributed by atoms with E-state index in [0.717, 1.165) is 43.4 Å². The van der Waals surface area contributed by atoms with E-state index in [1.54, 1.807) is 5.57 Å². The fourth-order valence-corrected chi connectivity index (χ4v) is 8.66. The lowest BCUT2D eigenvalue weighted by molar-refractivity contribution is -0.0886. The molecule has 0 aromatic heterocycles. The van der Waals surface area contributed by atoms with Crippen LogP contribution in [0.25, 0.3) is 0 Å². The van der Waals surface area contributed by atoms with Crippen LogP contribution in [0.4, 0.5) is 0 Å². The fourth-order valence-electron chi connectivity index (χ4n) is 8.66. The molecule has 3 fully saturated rings. The zero-order valence-electron chi connectivity index (χ0n) is 20.0. The highest BCUT2D eigenvalue weighted by atomic mass is 16.5. The van der Waals surface area contributed by atoms with E-state index in [1.165, 1.54) is 37.7 Å². The molecule has 2 N–H and O–H groups in total.